The Morgan fingerprint density at radius 2 is 1.70 bits per heavy atom. The number of carboxylic acids is 1. The normalized spacial score (nSPS) is 16.4. The van der Waals surface area contributed by atoms with Gasteiger partial charge in [-0.2, -0.15) is 31.4 Å². The number of carbonyl (C=O) groups excluding carboxylic acids is 1. The van der Waals surface area contributed by atoms with Gasteiger partial charge in [0.15, 0.2) is 17.1 Å². The Morgan fingerprint density at radius 3 is 2.11 bits per heavy atom. The lowest BCUT2D eigenvalue weighted by Crippen LogP contribution is -2.14. The van der Waals surface area contributed by atoms with E-state index in [2.05, 4.69) is 10.1 Å². The van der Waals surface area contributed by atoms with Crippen molar-refractivity contribution < 1.29 is 49.5 Å². The molecule has 0 aliphatic carbocycles. The number of rotatable bonds is 3. The average Bonchev–Trinajstić information content (AvgIpc) is 3.35. The van der Waals surface area contributed by atoms with Crippen LogP contribution in [0.5, 0.6) is 0 Å². The van der Waals surface area contributed by atoms with Gasteiger partial charge in [0.2, 0.25) is 10.0 Å². The Morgan fingerprint density at radius 1 is 1.11 bits per heavy atom. The summed E-state index contributed by atoms with van der Waals surface area (Å²) in [5.74, 6) is -1.97. The molecule has 0 saturated heterocycles. The molecule has 1 atom stereocenters. The Labute approximate surface area is 212 Å². The molecule has 18 heteroatoms. The standard InChI is InChI=1S/C15H7F6N3O2.C4H4ClNO3S2/c16-14(17,18)8-3-1-7(2-4-8)10-5-11(15(19,20)21)24-12(23-10)9(6-22-24)13(25)26;5-4-2(7)1-3(10-4)11(6,8)9/h1-6H,(H,25,26);1,4H,(H2,6,8,9). The number of sulfonamides is 1. The maximum absolute atomic E-state index is 13.3. The molecule has 198 valence electrons. The fourth-order valence-corrected chi connectivity index (χ4v) is 5.01. The number of hydrogen-bond acceptors (Lipinski definition) is 7. The summed E-state index contributed by atoms with van der Waals surface area (Å²) in [6.45, 7) is 0. The molecule has 4 rings (SSSR count). The van der Waals surface area contributed by atoms with Crippen LogP contribution in [0.15, 0.2) is 46.8 Å². The van der Waals surface area contributed by atoms with E-state index in [4.69, 9.17) is 21.8 Å². The fraction of sp³-hybridized carbons (Fsp3) is 0.158. The fourth-order valence-electron chi connectivity index (χ4n) is 2.82. The minimum absolute atomic E-state index is 0.0384. The van der Waals surface area contributed by atoms with Gasteiger partial charge >= 0.3 is 18.3 Å². The van der Waals surface area contributed by atoms with Gasteiger partial charge < -0.3 is 5.11 Å². The van der Waals surface area contributed by atoms with Crippen LogP contribution >= 0.6 is 23.4 Å². The summed E-state index contributed by atoms with van der Waals surface area (Å²) in [6.07, 6.45) is -7.83. The van der Waals surface area contributed by atoms with Gasteiger partial charge in [0.25, 0.3) is 0 Å². The van der Waals surface area contributed by atoms with E-state index in [1.54, 1.807) is 0 Å². The van der Waals surface area contributed by atoms with Crippen molar-refractivity contribution in [3.63, 3.8) is 0 Å². The van der Waals surface area contributed by atoms with Gasteiger partial charge in [-0.1, -0.05) is 23.9 Å². The van der Waals surface area contributed by atoms with Crippen molar-refractivity contribution in [3.05, 3.63) is 63.7 Å². The summed E-state index contributed by atoms with van der Waals surface area (Å²) in [7, 11) is -3.75. The Hall–Kier alpha value is -3.15. The van der Waals surface area contributed by atoms with Crippen LogP contribution in [0.25, 0.3) is 16.9 Å². The molecule has 3 N–H and O–H groups in total. The largest absolute Gasteiger partial charge is 0.477 e. The van der Waals surface area contributed by atoms with Gasteiger partial charge in [-0.15, -0.1) is 11.6 Å². The first-order valence-electron chi connectivity index (χ1n) is 9.35. The van der Waals surface area contributed by atoms with E-state index in [1.807, 2.05) is 0 Å². The number of carbonyl (C=O) groups is 2. The van der Waals surface area contributed by atoms with Crippen molar-refractivity contribution in [1.29, 1.82) is 0 Å². The lowest BCUT2D eigenvalue weighted by Gasteiger charge is -2.12. The van der Waals surface area contributed by atoms with Gasteiger partial charge in [-0.05, 0) is 18.2 Å². The van der Waals surface area contributed by atoms with E-state index in [9.17, 15) is 44.3 Å². The van der Waals surface area contributed by atoms with Crippen LogP contribution in [0.4, 0.5) is 26.3 Å². The molecule has 1 unspecified atom stereocenters. The van der Waals surface area contributed by atoms with E-state index in [0.717, 1.165) is 36.2 Å². The van der Waals surface area contributed by atoms with Crippen LogP contribution in [0.3, 0.4) is 0 Å². The van der Waals surface area contributed by atoms with Crippen LogP contribution in [0.1, 0.15) is 21.6 Å². The number of aromatic nitrogens is 3. The highest BCUT2D eigenvalue weighted by Gasteiger charge is 2.36. The summed E-state index contributed by atoms with van der Waals surface area (Å²) in [6, 6.07) is 3.90. The maximum Gasteiger partial charge on any atom is 0.433 e. The minimum atomic E-state index is -4.89. The highest BCUT2D eigenvalue weighted by Crippen LogP contribution is 2.35. The Bertz CT molecular complexity index is 1520. The lowest BCUT2D eigenvalue weighted by atomic mass is 10.1. The second kappa shape index (κ2) is 9.96. The molecular weight excluding hydrogens is 578 g/mol. The van der Waals surface area contributed by atoms with Gasteiger partial charge in [0, 0.05) is 11.6 Å². The number of thioether (sulfide) groups is 1. The molecule has 3 aromatic rings. The number of nitrogens with zero attached hydrogens (tertiary/aromatic N) is 3. The summed E-state index contributed by atoms with van der Waals surface area (Å²) in [5, 5.41) is 17.2. The Balaban J connectivity index is 0.000000289. The number of allylic oxidation sites excluding steroid dienone is 1. The van der Waals surface area contributed by atoms with E-state index in [0.29, 0.717) is 22.7 Å². The van der Waals surface area contributed by atoms with E-state index in [1.165, 1.54) is 0 Å². The molecule has 37 heavy (non-hydrogen) atoms. The number of halogens is 7. The van der Waals surface area contributed by atoms with Crippen molar-refractivity contribution in [2.45, 2.75) is 17.1 Å². The molecule has 0 saturated carbocycles. The van der Waals surface area contributed by atoms with Crippen molar-refractivity contribution in [2.75, 3.05) is 0 Å². The number of nitrogens with two attached hydrogens (primary N) is 1. The quantitative estimate of drug-likeness (QED) is 0.343. The summed E-state index contributed by atoms with van der Waals surface area (Å²) in [5.41, 5.74) is -3.78. The van der Waals surface area contributed by atoms with Crippen LogP contribution in [-0.2, 0) is 27.2 Å². The predicted octanol–water partition coefficient (Wildman–Crippen LogP) is 4.13. The topological polar surface area (TPSA) is 145 Å². The molecule has 0 amide bonds. The van der Waals surface area contributed by atoms with Crippen molar-refractivity contribution in [2.24, 2.45) is 5.14 Å². The highest BCUT2D eigenvalue weighted by molar-refractivity contribution is 8.19. The predicted molar refractivity (Wildman–Crippen MR) is 119 cm³/mol. The van der Waals surface area contributed by atoms with Gasteiger partial charge in [-0.3, -0.25) is 4.79 Å². The zero-order valence-corrected chi connectivity index (χ0v) is 20.0. The van der Waals surface area contributed by atoms with Crippen molar-refractivity contribution in [3.8, 4) is 11.3 Å². The second-order valence-corrected chi connectivity index (χ2v) is 10.7. The van der Waals surface area contributed by atoms with Crippen molar-refractivity contribution in [1.82, 2.24) is 14.6 Å². The monoisotopic (exact) mass is 588 g/mol. The van der Waals surface area contributed by atoms with E-state index >= 15 is 0 Å². The first-order chi connectivity index (χ1) is 16.9. The van der Waals surface area contributed by atoms with Gasteiger partial charge in [-0.25, -0.2) is 27.9 Å². The third kappa shape index (κ3) is 6.41. The molecule has 1 aliphatic rings. The summed E-state index contributed by atoms with van der Waals surface area (Å²) >= 11 is 6.15. The van der Waals surface area contributed by atoms with E-state index < -0.39 is 61.3 Å². The molecule has 0 radical (unpaired) electrons. The van der Waals surface area contributed by atoms with Crippen LogP contribution in [0, 0.1) is 0 Å². The van der Waals surface area contributed by atoms with Crippen LogP contribution in [-0.4, -0.2) is 44.6 Å². The number of alkyl halides is 7. The number of fused-ring (bicyclic) bond motifs is 1. The zero-order chi connectivity index (χ0) is 27.9. The number of aromatic carboxylic acids is 1. The first kappa shape index (κ1) is 28.4. The maximum atomic E-state index is 13.3. The molecule has 3 heterocycles. The third-order valence-corrected chi connectivity index (χ3v) is 7.42. The molecule has 2 aromatic heterocycles. The van der Waals surface area contributed by atoms with E-state index in [-0.39, 0.29) is 15.5 Å². The SMILES string of the molecule is NS(=O)(=O)C1=CC(=O)C(Cl)S1.O=C(O)c1cnn2c(C(F)(F)F)cc(-c3ccc(C(F)(F)F)cc3)nc12. The Kier molecular flexibility index (Phi) is 7.65. The lowest BCUT2D eigenvalue weighted by molar-refractivity contribution is -0.142. The third-order valence-electron chi connectivity index (χ3n) is 4.48. The number of benzene rings is 1. The molecule has 9 nitrogen and oxygen atoms in total. The summed E-state index contributed by atoms with van der Waals surface area (Å²) < 4.78 is 98.1. The molecule has 0 bridgehead atoms. The summed E-state index contributed by atoms with van der Waals surface area (Å²) in [4.78, 5) is 25.7. The van der Waals surface area contributed by atoms with Crippen molar-refractivity contribution >= 4 is 50.8 Å². The highest BCUT2D eigenvalue weighted by atomic mass is 35.5. The second-order valence-electron chi connectivity index (χ2n) is 7.04. The number of ketones is 1. The number of hydrogen-bond donors (Lipinski definition) is 2. The molecule has 1 aromatic carbocycles. The average molecular weight is 589 g/mol. The zero-order valence-electron chi connectivity index (χ0n) is 17.6. The number of primary sulfonamides is 1. The minimum Gasteiger partial charge on any atom is -0.477 e. The van der Waals surface area contributed by atoms with Gasteiger partial charge in [0.1, 0.15) is 14.5 Å². The smallest absolute Gasteiger partial charge is 0.433 e. The molecular formula is C19H11ClF6N4O5S2. The molecule has 0 spiro atoms. The van der Waals surface area contributed by atoms with Crippen LogP contribution in [0.2, 0.25) is 0 Å². The first-order valence-corrected chi connectivity index (χ1v) is 12.2. The van der Waals surface area contributed by atoms with Crippen LogP contribution < -0.4 is 5.14 Å². The molecule has 1 aliphatic heterocycles. The number of carboxylic acid groups (broad SMARTS) is 1. The van der Waals surface area contributed by atoms with Gasteiger partial charge in [0.05, 0.1) is 17.5 Å². The molecule has 0 fully saturated rings.